The zero-order chi connectivity index (χ0) is 19.8. The maximum absolute atomic E-state index is 12.9. The van der Waals surface area contributed by atoms with Gasteiger partial charge in [-0.05, 0) is 30.5 Å². The van der Waals surface area contributed by atoms with Crippen LogP contribution in [0.15, 0.2) is 46.5 Å². The van der Waals surface area contributed by atoms with Gasteiger partial charge in [-0.25, -0.2) is 4.79 Å². The highest BCUT2D eigenvalue weighted by Crippen LogP contribution is 2.31. The fraction of sp³-hybridized carbons (Fsp3) is 0.381. The van der Waals surface area contributed by atoms with E-state index in [1.165, 1.54) is 27.5 Å². The second kappa shape index (κ2) is 7.14. The van der Waals surface area contributed by atoms with Crippen LogP contribution in [0.5, 0.6) is 0 Å². The van der Waals surface area contributed by atoms with Gasteiger partial charge >= 0.3 is 5.69 Å². The van der Waals surface area contributed by atoms with E-state index in [9.17, 15) is 9.59 Å². The lowest BCUT2D eigenvalue weighted by molar-refractivity contribution is 0.662. The number of unbranched alkanes of at least 4 members (excludes halogenated alkanes) is 1. The van der Waals surface area contributed by atoms with Crippen molar-refractivity contribution in [3.05, 3.63) is 63.3 Å². The molecule has 0 bridgehead atoms. The highest BCUT2D eigenvalue weighted by Gasteiger charge is 2.28. The van der Waals surface area contributed by atoms with Crippen molar-refractivity contribution >= 4 is 22.8 Å². The van der Waals surface area contributed by atoms with E-state index in [1.54, 1.807) is 13.1 Å². The first-order chi connectivity index (χ1) is 13.6. The van der Waals surface area contributed by atoms with Crippen molar-refractivity contribution in [2.24, 2.45) is 7.05 Å². The average molecular weight is 379 g/mol. The minimum Gasteiger partial charge on any atom is -0.310 e. The number of aromatic nitrogens is 4. The molecule has 3 heterocycles. The summed E-state index contributed by atoms with van der Waals surface area (Å²) in [5, 5.41) is 0. The number of fused-ring (bicyclic) bond motifs is 3. The first-order valence-corrected chi connectivity index (χ1v) is 9.74. The van der Waals surface area contributed by atoms with Crippen molar-refractivity contribution in [1.82, 2.24) is 18.7 Å². The Morgan fingerprint density at radius 3 is 2.61 bits per heavy atom. The molecule has 0 aliphatic carbocycles. The molecule has 146 valence electrons. The fourth-order valence-corrected chi connectivity index (χ4v) is 3.84. The number of allylic oxidation sites excluding steroid dienone is 1. The molecule has 1 aliphatic rings. The average Bonchev–Trinajstić information content (AvgIpc) is 3.28. The molecule has 0 radical (unpaired) electrons. The van der Waals surface area contributed by atoms with Crippen molar-refractivity contribution in [2.45, 2.75) is 39.3 Å². The summed E-state index contributed by atoms with van der Waals surface area (Å²) in [4.78, 5) is 32.2. The van der Waals surface area contributed by atoms with Gasteiger partial charge in [-0.1, -0.05) is 31.6 Å². The molecule has 0 amide bonds. The van der Waals surface area contributed by atoms with Crippen LogP contribution >= 0.6 is 0 Å². The molecule has 0 N–H and O–H groups in total. The van der Waals surface area contributed by atoms with Crippen LogP contribution in [0, 0.1) is 0 Å². The number of aryl methyl sites for hydroxylation is 2. The molecule has 1 aliphatic heterocycles. The lowest BCUT2D eigenvalue weighted by atomic mass is 10.1. The quantitative estimate of drug-likeness (QED) is 0.618. The minimum atomic E-state index is -0.374. The van der Waals surface area contributed by atoms with E-state index < -0.39 is 0 Å². The molecule has 28 heavy (non-hydrogen) atoms. The molecule has 4 rings (SSSR count). The maximum atomic E-state index is 12.9. The normalized spacial score (nSPS) is 13.3. The van der Waals surface area contributed by atoms with Crippen LogP contribution in [-0.4, -0.2) is 25.2 Å². The summed E-state index contributed by atoms with van der Waals surface area (Å²) in [6.45, 7) is 7.43. The van der Waals surface area contributed by atoms with Gasteiger partial charge < -0.3 is 9.47 Å². The summed E-state index contributed by atoms with van der Waals surface area (Å²) in [5.74, 6) is 0.708. The standard InChI is InChI=1S/C21H25N5O2/c1-4-6-7-15-8-10-16(11-9-15)24-13-14-25-17-18(22-20(24)25)23(3)21(28)26(12-5-2)19(17)27/h5,8-11H,2,4,6-7,12-14H2,1,3H3. The Hall–Kier alpha value is -3.09. The van der Waals surface area contributed by atoms with Crippen molar-refractivity contribution in [3.63, 3.8) is 0 Å². The van der Waals surface area contributed by atoms with Gasteiger partial charge in [-0.3, -0.25) is 13.9 Å². The van der Waals surface area contributed by atoms with Crippen LogP contribution in [0.25, 0.3) is 11.2 Å². The van der Waals surface area contributed by atoms with Gasteiger partial charge in [-0.15, -0.1) is 6.58 Å². The van der Waals surface area contributed by atoms with Gasteiger partial charge in [0.1, 0.15) is 0 Å². The number of rotatable bonds is 6. The van der Waals surface area contributed by atoms with E-state index in [0.29, 0.717) is 23.7 Å². The largest absolute Gasteiger partial charge is 0.332 e. The topological polar surface area (TPSA) is 65.1 Å². The van der Waals surface area contributed by atoms with Crippen LogP contribution in [0.2, 0.25) is 0 Å². The summed E-state index contributed by atoms with van der Waals surface area (Å²) in [7, 11) is 1.65. The monoisotopic (exact) mass is 379 g/mol. The van der Waals surface area contributed by atoms with E-state index in [2.05, 4.69) is 47.7 Å². The summed E-state index contributed by atoms with van der Waals surface area (Å²) >= 11 is 0. The molecule has 3 aromatic rings. The first kappa shape index (κ1) is 18.3. The van der Waals surface area contributed by atoms with Gasteiger partial charge in [0.25, 0.3) is 5.56 Å². The Bertz CT molecular complexity index is 1150. The summed E-state index contributed by atoms with van der Waals surface area (Å²) in [5.41, 5.74) is 2.59. The number of benzene rings is 1. The Morgan fingerprint density at radius 2 is 1.93 bits per heavy atom. The number of imidazole rings is 1. The molecular formula is C21H25N5O2. The predicted molar refractivity (Wildman–Crippen MR) is 111 cm³/mol. The third kappa shape index (κ3) is 2.78. The molecule has 0 saturated carbocycles. The second-order valence-electron chi connectivity index (χ2n) is 7.20. The Morgan fingerprint density at radius 1 is 1.18 bits per heavy atom. The van der Waals surface area contributed by atoms with Gasteiger partial charge in [0.2, 0.25) is 5.95 Å². The molecular weight excluding hydrogens is 354 g/mol. The molecule has 0 atom stereocenters. The summed E-state index contributed by atoms with van der Waals surface area (Å²) in [6, 6.07) is 8.52. The van der Waals surface area contributed by atoms with Crippen molar-refractivity contribution < 1.29 is 0 Å². The van der Waals surface area contributed by atoms with Gasteiger partial charge in [0.05, 0.1) is 0 Å². The Kier molecular flexibility index (Phi) is 4.66. The van der Waals surface area contributed by atoms with Crippen LogP contribution in [0.3, 0.4) is 0 Å². The van der Waals surface area contributed by atoms with Crippen LogP contribution in [0.1, 0.15) is 25.3 Å². The Balaban J connectivity index is 1.79. The summed E-state index contributed by atoms with van der Waals surface area (Å²) < 4.78 is 4.56. The zero-order valence-corrected chi connectivity index (χ0v) is 16.4. The third-order valence-electron chi connectivity index (χ3n) is 5.38. The maximum Gasteiger partial charge on any atom is 0.332 e. The first-order valence-electron chi connectivity index (χ1n) is 9.74. The van der Waals surface area contributed by atoms with Crippen molar-refractivity contribution in [3.8, 4) is 0 Å². The van der Waals surface area contributed by atoms with Gasteiger partial charge in [-0.2, -0.15) is 4.98 Å². The van der Waals surface area contributed by atoms with Crippen molar-refractivity contribution in [2.75, 3.05) is 11.4 Å². The second-order valence-corrected chi connectivity index (χ2v) is 7.20. The van der Waals surface area contributed by atoms with Gasteiger partial charge in [0, 0.05) is 32.4 Å². The number of hydrogen-bond donors (Lipinski definition) is 0. The summed E-state index contributed by atoms with van der Waals surface area (Å²) in [6.07, 6.45) is 5.01. The van der Waals surface area contributed by atoms with Crippen molar-refractivity contribution in [1.29, 1.82) is 0 Å². The lowest BCUT2D eigenvalue weighted by Crippen LogP contribution is -2.39. The molecule has 7 nitrogen and oxygen atoms in total. The predicted octanol–water partition coefficient (Wildman–Crippen LogP) is 2.58. The van der Waals surface area contributed by atoms with Crippen LogP contribution in [-0.2, 0) is 26.6 Å². The van der Waals surface area contributed by atoms with E-state index in [-0.39, 0.29) is 17.8 Å². The highest BCUT2D eigenvalue weighted by molar-refractivity contribution is 5.77. The number of nitrogens with zero attached hydrogens (tertiary/aromatic N) is 5. The number of anilines is 2. The smallest absolute Gasteiger partial charge is 0.310 e. The lowest BCUT2D eigenvalue weighted by Gasteiger charge is -2.16. The van der Waals surface area contributed by atoms with Crippen LogP contribution in [0.4, 0.5) is 11.6 Å². The molecule has 0 spiro atoms. The molecule has 0 unspecified atom stereocenters. The van der Waals surface area contributed by atoms with E-state index >= 15 is 0 Å². The fourth-order valence-electron chi connectivity index (χ4n) is 3.84. The highest BCUT2D eigenvalue weighted by atomic mass is 16.2. The molecule has 0 saturated heterocycles. The third-order valence-corrected chi connectivity index (χ3v) is 5.38. The minimum absolute atomic E-state index is 0.185. The SMILES string of the molecule is C=CCn1c(=O)c2c(nc3n2CCN3c2ccc(CCCC)cc2)n(C)c1=O. The van der Waals surface area contributed by atoms with Gasteiger partial charge in [0.15, 0.2) is 11.2 Å². The zero-order valence-electron chi connectivity index (χ0n) is 16.4. The molecule has 2 aromatic heterocycles. The van der Waals surface area contributed by atoms with E-state index in [4.69, 9.17) is 0 Å². The number of hydrogen-bond acceptors (Lipinski definition) is 4. The van der Waals surface area contributed by atoms with E-state index in [1.807, 2.05) is 4.57 Å². The molecule has 1 aromatic carbocycles. The molecule has 0 fully saturated rings. The Labute approximate surface area is 163 Å². The molecule has 7 heteroatoms. The van der Waals surface area contributed by atoms with Crippen LogP contribution < -0.4 is 16.1 Å². The van der Waals surface area contributed by atoms with E-state index in [0.717, 1.165) is 18.7 Å².